The molecule has 0 aromatic heterocycles. The van der Waals surface area contributed by atoms with Crippen LogP contribution in [0, 0.1) is 0 Å². The maximum absolute atomic E-state index is 13.2. The minimum atomic E-state index is -0.833. The van der Waals surface area contributed by atoms with Gasteiger partial charge >= 0.3 is 5.97 Å². The molecule has 362 valence electrons. The van der Waals surface area contributed by atoms with E-state index >= 15 is 0 Å². The highest BCUT2D eigenvalue weighted by Crippen LogP contribution is 2.15. The van der Waals surface area contributed by atoms with Crippen molar-refractivity contribution in [2.45, 2.75) is 225 Å². The van der Waals surface area contributed by atoms with Gasteiger partial charge in [-0.25, -0.2) is 0 Å². The number of carbonyl (C=O) groups excluding carboxylic acids is 2. The van der Waals surface area contributed by atoms with Crippen LogP contribution < -0.4 is 5.32 Å². The van der Waals surface area contributed by atoms with Crippen LogP contribution in [-0.4, -0.2) is 46.9 Å². The van der Waals surface area contributed by atoms with Crippen molar-refractivity contribution in [3.63, 3.8) is 0 Å². The second kappa shape index (κ2) is 50.3. The lowest BCUT2D eigenvalue weighted by molar-refractivity contribution is -0.148. The Morgan fingerprint density at radius 3 is 1.31 bits per heavy atom. The van der Waals surface area contributed by atoms with E-state index in [4.69, 9.17) is 4.74 Å². The van der Waals surface area contributed by atoms with E-state index in [-0.39, 0.29) is 24.9 Å². The van der Waals surface area contributed by atoms with Crippen molar-refractivity contribution in [1.29, 1.82) is 0 Å². The predicted molar refractivity (Wildman–Crippen MR) is 277 cm³/mol. The number of nitrogens with one attached hydrogen (secondary N) is 1. The zero-order chi connectivity index (χ0) is 46.7. The summed E-state index contributed by atoms with van der Waals surface area (Å²) in [5.41, 5.74) is 0. The first-order chi connectivity index (χ1) is 31.5. The van der Waals surface area contributed by atoms with E-state index in [1.54, 1.807) is 6.08 Å². The fourth-order valence-electron chi connectivity index (χ4n) is 6.95. The van der Waals surface area contributed by atoms with Crippen LogP contribution in [0.2, 0.25) is 0 Å². The van der Waals surface area contributed by atoms with Crippen molar-refractivity contribution < 1.29 is 24.5 Å². The van der Waals surface area contributed by atoms with Gasteiger partial charge in [0, 0.05) is 6.42 Å². The predicted octanol–water partition coefficient (Wildman–Crippen LogP) is 15.7. The first-order valence-electron chi connectivity index (χ1n) is 25.8. The Morgan fingerprint density at radius 2 is 0.875 bits per heavy atom. The first-order valence-corrected chi connectivity index (χ1v) is 25.8. The van der Waals surface area contributed by atoms with Crippen LogP contribution in [0.4, 0.5) is 0 Å². The molecule has 0 aliphatic rings. The number of hydrogen-bond donors (Lipinski definition) is 3. The lowest BCUT2D eigenvalue weighted by Crippen LogP contribution is -2.46. The summed E-state index contributed by atoms with van der Waals surface area (Å²) in [6.45, 7) is 6.19. The summed E-state index contributed by atoms with van der Waals surface area (Å²) < 4.78 is 5.81. The molecule has 6 heteroatoms. The molecular weight excluding hydrogens is 791 g/mol. The molecule has 0 spiro atoms. The van der Waals surface area contributed by atoms with E-state index in [9.17, 15) is 19.8 Å². The first kappa shape index (κ1) is 60.3. The van der Waals surface area contributed by atoms with Crippen molar-refractivity contribution in [3.8, 4) is 0 Å². The molecule has 3 unspecified atom stereocenters. The van der Waals surface area contributed by atoms with E-state index in [0.29, 0.717) is 19.3 Å². The Labute approximate surface area is 393 Å². The normalized spacial score (nSPS) is 14.3. The molecule has 6 nitrogen and oxygen atoms in total. The molecule has 0 aromatic rings. The maximum Gasteiger partial charge on any atom is 0.306 e. The third kappa shape index (κ3) is 44.9. The van der Waals surface area contributed by atoms with Crippen molar-refractivity contribution in [2.24, 2.45) is 0 Å². The van der Waals surface area contributed by atoms with Crippen molar-refractivity contribution in [1.82, 2.24) is 5.32 Å². The zero-order valence-corrected chi connectivity index (χ0v) is 41.1. The van der Waals surface area contributed by atoms with E-state index in [2.05, 4.69) is 135 Å². The molecule has 0 rings (SSSR count). The van der Waals surface area contributed by atoms with Gasteiger partial charge in [-0.05, 0) is 96.0 Å². The fraction of sp³-hybridized carbons (Fsp3) is 0.621. The maximum atomic E-state index is 13.2. The van der Waals surface area contributed by atoms with Gasteiger partial charge < -0.3 is 20.3 Å². The molecule has 0 radical (unpaired) electrons. The van der Waals surface area contributed by atoms with Crippen LogP contribution in [0.5, 0.6) is 0 Å². The number of aliphatic hydroxyl groups is 2. The number of allylic oxidation sites excluding steroid dienone is 19. The van der Waals surface area contributed by atoms with Crippen LogP contribution in [0.15, 0.2) is 122 Å². The highest BCUT2D eigenvalue weighted by molar-refractivity contribution is 5.78. The molecule has 0 aromatic carbocycles. The highest BCUT2D eigenvalue weighted by atomic mass is 16.5. The second-order valence-corrected chi connectivity index (χ2v) is 16.8. The van der Waals surface area contributed by atoms with E-state index < -0.39 is 18.2 Å². The van der Waals surface area contributed by atoms with Gasteiger partial charge in [-0.1, -0.05) is 220 Å². The monoisotopic (exact) mass is 886 g/mol. The number of esters is 1. The third-order valence-electron chi connectivity index (χ3n) is 10.8. The van der Waals surface area contributed by atoms with E-state index in [1.807, 2.05) is 6.08 Å². The Kier molecular flexibility index (Phi) is 47.3. The Balaban J connectivity index is 4.86. The summed E-state index contributed by atoms with van der Waals surface area (Å²) in [6.07, 6.45) is 70.0. The average molecular weight is 886 g/mol. The number of aliphatic hydroxyl groups excluding tert-OH is 2. The Morgan fingerprint density at radius 1 is 0.484 bits per heavy atom. The lowest BCUT2D eigenvalue weighted by atomic mass is 10.0. The quantitative estimate of drug-likeness (QED) is 0.0322. The largest absolute Gasteiger partial charge is 0.458 e. The second-order valence-electron chi connectivity index (χ2n) is 16.8. The topological polar surface area (TPSA) is 95.9 Å². The molecule has 0 saturated heterocycles. The van der Waals surface area contributed by atoms with Crippen molar-refractivity contribution in [2.75, 3.05) is 6.61 Å². The zero-order valence-electron chi connectivity index (χ0n) is 41.1. The summed E-state index contributed by atoms with van der Waals surface area (Å²) in [6, 6.07) is -0.757. The Hall–Kier alpha value is -3.74. The molecule has 64 heavy (non-hydrogen) atoms. The van der Waals surface area contributed by atoms with Gasteiger partial charge in [-0.15, -0.1) is 0 Å². The van der Waals surface area contributed by atoms with Gasteiger partial charge in [-0.3, -0.25) is 9.59 Å². The Bertz CT molecular complexity index is 1360. The van der Waals surface area contributed by atoms with E-state index in [0.717, 1.165) is 103 Å². The summed E-state index contributed by atoms with van der Waals surface area (Å²) in [5.74, 6) is -0.679. The molecular formula is C58H95NO5. The molecule has 3 N–H and O–H groups in total. The minimum absolute atomic E-state index is 0.0679. The third-order valence-corrected chi connectivity index (χ3v) is 10.8. The fourth-order valence-corrected chi connectivity index (χ4v) is 6.95. The molecule has 0 saturated carbocycles. The van der Waals surface area contributed by atoms with Gasteiger partial charge in [0.1, 0.15) is 6.10 Å². The molecule has 0 fully saturated rings. The van der Waals surface area contributed by atoms with Crippen LogP contribution in [0.25, 0.3) is 0 Å². The van der Waals surface area contributed by atoms with E-state index in [1.165, 1.54) is 57.8 Å². The van der Waals surface area contributed by atoms with Gasteiger partial charge in [0.25, 0.3) is 0 Å². The smallest absolute Gasteiger partial charge is 0.306 e. The summed E-state index contributed by atoms with van der Waals surface area (Å²) >= 11 is 0. The van der Waals surface area contributed by atoms with Crippen molar-refractivity contribution in [3.05, 3.63) is 122 Å². The molecule has 0 aliphatic carbocycles. The number of hydrogen-bond acceptors (Lipinski definition) is 5. The number of amides is 1. The summed E-state index contributed by atoms with van der Waals surface area (Å²) in [7, 11) is 0. The SMILES string of the molecule is CC/C=C\C/C=C\C/C=C\C/C=C\C/C=C\C/C=C\C(CC(=O)NC(CO)C(O)CCCCCCCCCCCCCC)OC(=O)CCCCC/C=C/C/C=C/C/C=C/C/C=C/CC. The lowest BCUT2D eigenvalue weighted by Gasteiger charge is -2.23. The van der Waals surface area contributed by atoms with Crippen LogP contribution in [0.1, 0.15) is 207 Å². The summed E-state index contributed by atoms with van der Waals surface area (Å²) in [5, 5.41) is 23.7. The molecule has 3 atom stereocenters. The molecule has 0 bridgehead atoms. The van der Waals surface area contributed by atoms with Gasteiger partial charge in [0.2, 0.25) is 5.91 Å². The number of carbonyl (C=O) groups is 2. The molecule has 0 aliphatic heterocycles. The van der Waals surface area contributed by atoms with Crippen LogP contribution in [-0.2, 0) is 14.3 Å². The number of rotatable bonds is 44. The van der Waals surface area contributed by atoms with Crippen molar-refractivity contribution >= 4 is 11.9 Å². The average Bonchev–Trinajstić information content (AvgIpc) is 3.29. The van der Waals surface area contributed by atoms with Gasteiger partial charge in [0.05, 0.1) is 25.2 Å². The van der Waals surface area contributed by atoms with Crippen LogP contribution >= 0.6 is 0 Å². The number of ether oxygens (including phenoxy) is 1. The highest BCUT2D eigenvalue weighted by Gasteiger charge is 2.23. The van der Waals surface area contributed by atoms with Gasteiger partial charge in [-0.2, -0.15) is 0 Å². The number of unbranched alkanes of at least 4 members (excludes halogenated alkanes) is 14. The molecule has 1 amide bonds. The summed E-state index contributed by atoms with van der Waals surface area (Å²) in [4.78, 5) is 26.1. The van der Waals surface area contributed by atoms with Gasteiger partial charge in [0.15, 0.2) is 0 Å². The van der Waals surface area contributed by atoms with Crippen LogP contribution in [0.3, 0.4) is 0 Å². The standard InChI is InChI=1S/C58H95NO5/c1-4-7-10-13-16-19-22-25-27-29-30-32-34-37-40-43-46-49-54(64-58(63)51-48-45-42-39-36-33-31-28-26-23-20-17-14-11-8-5-2)52-57(62)59-55(53-60)56(61)50-47-44-41-38-35-24-21-18-15-12-9-6-3/h7-8,10-11,16-17,19-20,25-28,30,32-33,36-37,40,46,49,54-56,60-61H,4-6,9,12-15,18,21-24,29,31,34-35,38-39,41-45,47-48,50-53H2,1-3H3,(H,59,62)/b10-7-,11-8+,19-16-,20-17+,27-25-,28-26+,32-30-,36-33+,40-37-,49-46-. The minimum Gasteiger partial charge on any atom is -0.458 e. The molecule has 0 heterocycles.